The lowest BCUT2D eigenvalue weighted by molar-refractivity contribution is 0.960. The maximum atomic E-state index is 8.90. The second kappa shape index (κ2) is 3.72. The van der Waals surface area contributed by atoms with Crippen LogP contribution in [-0.2, 0) is 7.05 Å². The number of rotatable bonds is 1. The molecule has 1 aromatic carbocycles. The average molecular weight is 239 g/mol. The zero-order valence-corrected chi connectivity index (χ0v) is 10.0. The van der Waals surface area contributed by atoms with E-state index < -0.39 is 0 Å². The zero-order valence-electron chi connectivity index (χ0n) is 9.21. The molecule has 0 unspecified atom stereocenters. The van der Waals surface area contributed by atoms with Gasteiger partial charge in [0.15, 0.2) is 0 Å². The third-order valence-corrected chi connectivity index (χ3v) is 3.47. The standard InChI is InChI=1S/C13H9N3S/c1-16-12-6-9(7-14)2-3-11(12)15-13(16)10-4-5-17-8-10/h2-6,8H,1H3. The number of aromatic nitrogens is 2. The van der Waals surface area contributed by atoms with Crippen LogP contribution in [-0.4, -0.2) is 9.55 Å². The van der Waals surface area contributed by atoms with Crippen LogP contribution in [0.15, 0.2) is 35.0 Å². The highest BCUT2D eigenvalue weighted by Gasteiger charge is 2.10. The molecule has 0 N–H and O–H groups in total. The lowest BCUT2D eigenvalue weighted by Crippen LogP contribution is -1.91. The number of hydrogen-bond acceptors (Lipinski definition) is 3. The van der Waals surface area contributed by atoms with Gasteiger partial charge in [-0.3, -0.25) is 0 Å². The molecule has 2 aromatic heterocycles. The fourth-order valence-corrected chi connectivity index (χ4v) is 2.54. The van der Waals surface area contributed by atoms with Crippen molar-refractivity contribution in [1.29, 1.82) is 5.26 Å². The van der Waals surface area contributed by atoms with Crippen molar-refractivity contribution in [3.05, 3.63) is 40.6 Å². The van der Waals surface area contributed by atoms with Gasteiger partial charge in [0.2, 0.25) is 0 Å². The summed E-state index contributed by atoms with van der Waals surface area (Å²) in [5, 5.41) is 13.0. The van der Waals surface area contributed by atoms with Gasteiger partial charge in [-0.25, -0.2) is 4.98 Å². The first-order valence-corrected chi connectivity index (χ1v) is 6.13. The Hall–Kier alpha value is -2.12. The van der Waals surface area contributed by atoms with Gasteiger partial charge in [-0.1, -0.05) is 0 Å². The van der Waals surface area contributed by atoms with Crippen LogP contribution in [0.1, 0.15) is 5.56 Å². The molecule has 0 aliphatic rings. The van der Waals surface area contributed by atoms with Crippen molar-refractivity contribution < 1.29 is 0 Å². The van der Waals surface area contributed by atoms with Crippen LogP contribution in [0.4, 0.5) is 0 Å². The molecular weight excluding hydrogens is 230 g/mol. The fraction of sp³-hybridized carbons (Fsp3) is 0.0769. The summed E-state index contributed by atoms with van der Waals surface area (Å²) in [5.41, 5.74) is 3.70. The maximum Gasteiger partial charge on any atom is 0.141 e. The van der Waals surface area contributed by atoms with Crippen molar-refractivity contribution in [3.8, 4) is 17.5 Å². The Kier molecular flexibility index (Phi) is 2.20. The number of nitriles is 1. The Morgan fingerprint density at radius 3 is 2.94 bits per heavy atom. The van der Waals surface area contributed by atoms with Gasteiger partial charge in [0.25, 0.3) is 0 Å². The number of fused-ring (bicyclic) bond motifs is 1. The molecule has 3 aromatic rings. The lowest BCUT2D eigenvalue weighted by Gasteiger charge is -1.99. The highest BCUT2D eigenvalue weighted by atomic mass is 32.1. The number of aryl methyl sites for hydroxylation is 1. The Morgan fingerprint density at radius 1 is 1.35 bits per heavy atom. The molecule has 0 spiro atoms. The first kappa shape index (κ1) is 10.1. The van der Waals surface area contributed by atoms with E-state index >= 15 is 0 Å². The molecule has 0 aliphatic carbocycles. The van der Waals surface area contributed by atoms with E-state index in [1.807, 2.05) is 29.1 Å². The maximum absolute atomic E-state index is 8.90. The number of imidazole rings is 1. The molecule has 4 heteroatoms. The zero-order chi connectivity index (χ0) is 11.8. The van der Waals surface area contributed by atoms with Crippen molar-refractivity contribution in [1.82, 2.24) is 9.55 Å². The summed E-state index contributed by atoms with van der Waals surface area (Å²) in [6.07, 6.45) is 0. The minimum Gasteiger partial charge on any atom is -0.327 e. The molecule has 0 fully saturated rings. The topological polar surface area (TPSA) is 41.6 Å². The van der Waals surface area contributed by atoms with Crippen molar-refractivity contribution in [2.75, 3.05) is 0 Å². The monoisotopic (exact) mass is 239 g/mol. The molecule has 0 aliphatic heterocycles. The van der Waals surface area contributed by atoms with Crippen molar-refractivity contribution in [2.24, 2.45) is 7.05 Å². The summed E-state index contributed by atoms with van der Waals surface area (Å²) in [6, 6.07) is 9.77. The minimum atomic E-state index is 0.664. The second-order valence-electron chi connectivity index (χ2n) is 3.82. The quantitative estimate of drug-likeness (QED) is 0.654. The van der Waals surface area contributed by atoms with E-state index in [2.05, 4.69) is 22.5 Å². The van der Waals surface area contributed by atoms with Crippen molar-refractivity contribution in [2.45, 2.75) is 0 Å². The normalized spacial score (nSPS) is 10.6. The summed E-state index contributed by atoms with van der Waals surface area (Å²) in [7, 11) is 1.98. The van der Waals surface area contributed by atoms with E-state index in [1.165, 1.54) is 0 Å². The molecule has 0 saturated carbocycles. The summed E-state index contributed by atoms with van der Waals surface area (Å²) in [6.45, 7) is 0. The van der Waals surface area contributed by atoms with E-state index in [4.69, 9.17) is 5.26 Å². The summed E-state index contributed by atoms with van der Waals surface area (Å²) < 4.78 is 2.03. The predicted molar refractivity (Wildman–Crippen MR) is 68.7 cm³/mol. The molecule has 0 radical (unpaired) electrons. The molecular formula is C13H9N3S. The minimum absolute atomic E-state index is 0.664. The van der Waals surface area contributed by atoms with Gasteiger partial charge in [-0.15, -0.1) is 0 Å². The smallest absolute Gasteiger partial charge is 0.141 e. The van der Waals surface area contributed by atoms with Crippen LogP contribution in [0.3, 0.4) is 0 Å². The Bertz CT molecular complexity index is 717. The van der Waals surface area contributed by atoms with Gasteiger partial charge in [-0.2, -0.15) is 16.6 Å². The van der Waals surface area contributed by atoms with Gasteiger partial charge in [0, 0.05) is 18.0 Å². The molecule has 17 heavy (non-hydrogen) atoms. The van der Waals surface area contributed by atoms with Crippen LogP contribution in [0.25, 0.3) is 22.4 Å². The molecule has 0 bridgehead atoms. The molecule has 0 amide bonds. The summed E-state index contributed by atoms with van der Waals surface area (Å²) in [4.78, 5) is 4.59. The largest absolute Gasteiger partial charge is 0.327 e. The molecule has 0 atom stereocenters. The van der Waals surface area contributed by atoms with Gasteiger partial charge < -0.3 is 4.57 Å². The third kappa shape index (κ3) is 1.52. The van der Waals surface area contributed by atoms with E-state index in [0.29, 0.717) is 5.56 Å². The van der Waals surface area contributed by atoms with Gasteiger partial charge in [-0.05, 0) is 29.6 Å². The fourth-order valence-electron chi connectivity index (χ4n) is 1.91. The number of thiophene rings is 1. The number of nitrogens with zero attached hydrogens (tertiary/aromatic N) is 3. The van der Waals surface area contributed by atoms with Crippen LogP contribution < -0.4 is 0 Å². The van der Waals surface area contributed by atoms with Crippen LogP contribution in [0, 0.1) is 11.3 Å². The summed E-state index contributed by atoms with van der Waals surface area (Å²) >= 11 is 1.66. The highest BCUT2D eigenvalue weighted by Crippen LogP contribution is 2.25. The van der Waals surface area contributed by atoms with Gasteiger partial charge in [0.1, 0.15) is 5.82 Å². The molecule has 0 saturated heterocycles. The number of benzene rings is 1. The van der Waals surface area contributed by atoms with Crippen molar-refractivity contribution >= 4 is 22.4 Å². The Labute approximate surface area is 103 Å². The van der Waals surface area contributed by atoms with E-state index in [9.17, 15) is 0 Å². The lowest BCUT2D eigenvalue weighted by atomic mass is 10.2. The average Bonchev–Trinajstić information content (AvgIpc) is 2.97. The van der Waals surface area contributed by atoms with Gasteiger partial charge in [0.05, 0.1) is 22.7 Å². The van der Waals surface area contributed by atoms with E-state index in [1.54, 1.807) is 17.4 Å². The van der Waals surface area contributed by atoms with Crippen LogP contribution in [0.5, 0.6) is 0 Å². The molecule has 2 heterocycles. The van der Waals surface area contributed by atoms with Crippen molar-refractivity contribution in [3.63, 3.8) is 0 Å². The van der Waals surface area contributed by atoms with Crippen LogP contribution >= 0.6 is 11.3 Å². The van der Waals surface area contributed by atoms with E-state index in [0.717, 1.165) is 22.4 Å². The first-order chi connectivity index (χ1) is 8.29. The highest BCUT2D eigenvalue weighted by molar-refractivity contribution is 7.08. The van der Waals surface area contributed by atoms with Gasteiger partial charge >= 0.3 is 0 Å². The summed E-state index contributed by atoms with van der Waals surface area (Å²) in [5.74, 6) is 0.941. The SMILES string of the molecule is Cn1c(-c2ccsc2)nc2ccc(C#N)cc21. The molecule has 82 valence electrons. The van der Waals surface area contributed by atoms with Crippen LogP contribution in [0.2, 0.25) is 0 Å². The Morgan fingerprint density at radius 2 is 2.24 bits per heavy atom. The Balaban J connectivity index is 2.30. The number of hydrogen-bond donors (Lipinski definition) is 0. The second-order valence-corrected chi connectivity index (χ2v) is 4.60. The third-order valence-electron chi connectivity index (χ3n) is 2.79. The molecule has 3 rings (SSSR count). The van der Waals surface area contributed by atoms with E-state index in [-0.39, 0.29) is 0 Å². The first-order valence-electron chi connectivity index (χ1n) is 5.19. The predicted octanol–water partition coefficient (Wildman–Crippen LogP) is 3.17. The molecule has 3 nitrogen and oxygen atoms in total.